The highest BCUT2D eigenvalue weighted by molar-refractivity contribution is 6.30. The standard InChI is InChI=1S/C21H24ClNO3/c1-3-26-21(25)19-14(2)23(17-7-5-4-6-8-17)20(24)18(19)13-15-9-11-16(22)12-10-15/h9-13,17H,3-8H2,1-2H3. The van der Waals surface area contributed by atoms with Crippen LogP contribution in [0.4, 0.5) is 0 Å². The van der Waals surface area contributed by atoms with E-state index in [4.69, 9.17) is 16.3 Å². The highest BCUT2D eigenvalue weighted by Gasteiger charge is 2.40. The number of ether oxygens (including phenoxy) is 1. The number of hydrogen-bond acceptors (Lipinski definition) is 3. The summed E-state index contributed by atoms with van der Waals surface area (Å²) in [4.78, 5) is 27.6. The third kappa shape index (κ3) is 3.70. The van der Waals surface area contributed by atoms with E-state index in [0.717, 1.165) is 31.2 Å². The summed E-state index contributed by atoms with van der Waals surface area (Å²) in [5.41, 5.74) is 2.34. The molecule has 0 aromatic heterocycles. The number of halogens is 1. The van der Waals surface area contributed by atoms with Crippen molar-refractivity contribution < 1.29 is 14.3 Å². The zero-order chi connectivity index (χ0) is 18.7. The molecular formula is C21H24ClNO3. The van der Waals surface area contributed by atoms with Crippen molar-refractivity contribution >= 4 is 29.6 Å². The molecule has 3 rings (SSSR count). The van der Waals surface area contributed by atoms with Crippen LogP contribution in [0.5, 0.6) is 0 Å². The zero-order valence-electron chi connectivity index (χ0n) is 15.3. The predicted molar refractivity (Wildman–Crippen MR) is 102 cm³/mol. The minimum atomic E-state index is -0.433. The third-order valence-corrected chi connectivity index (χ3v) is 5.29. The van der Waals surface area contributed by atoms with E-state index in [1.165, 1.54) is 6.42 Å². The van der Waals surface area contributed by atoms with Crippen LogP contribution < -0.4 is 0 Å². The fourth-order valence-electron chi connectivity index (χ4n) is 3.80. The van der Waals surface area contributed by atoms with E-state index in [0.29, 0.717) is 21.9 Å². The van der Waals surface area contributed by atoms with E-state index < -0.39 is 5.97 Å². The van der Waals surface area contributed by atoms with Gasteiger partial charge in [0.15, 0.2) is 0 Å². The maximum Gasteiger partial charge on any atom is 0.340 e. The van der Waals surface area contributed by atoms with Gasteiger partial charge in [-0.1, -0.05) is 43.0 Å². The van der Waals surface area contributed by atoms with Crippen LogP contribution in [0.15, 0.2) is 41.1 Å². The number of amides is 1. The smallest absolute Gasteiger partial charge is 0.340 e. The number of esters is 1. The molecule has 0 spiro atoms. The van der Waals surface area contributed by atoms with Crippen molar-refractivity contribution in [1.82, 2.24) is 4.90 Å². The first-order valence-electron chi connectivity index (χ1n) is 9.22. The molecule has 0 saturated heterocycles. The fraction of sp³-hybridized carbons (Fsp3) is 0.429. The second-order valence-corrected chi connectivity index (χ2v) is 7.19. The van der Waals surface area contributed by atoms with Gasteiger partial charge in [0.05, 0.1) is 17.8 Å². The molecule has 1 aliphatic heterocycles. The van der Waals surface area contributed by atoms with Crippen molar-refractivity contribution in [3.05, 3.63) is 51.7 Å². The number of benzene rings is 1. The molecule has 1 fully saturated rings. The number of carbonyl (C=O) groups is 2. The van der Waals surface area contributed by atoms with Crippen molar-refractivity contribution in [3.8, 4) is 0 Å². The Bertz CT molecular complexity index is 758. The lowest BCUT2D eigenvalue weighted by molar-refractivity contribution is -0.138. The van der Waals surface area contributed by atoms with E-state index in [2.05, 4.69) is 0 Å². The van der Waals surface area contributed by atoms with Gasteiger partial charge in [0.25, 0.3) is 5.91 Å². The molecule has 26 heavy (non-hydrogen) atoms. The van der Waals surface area contributed by atoms with E-state index in [-0.39, 0.29) is 18.6 Å². The zero-order valence-corrected chi connectivity index (χ0v) is 16.0. The van der Waals surface area contributed by atoms with Gasteiger partial charge in [-0.05, 0) is 50.5 Å². The molecule has 1 aromatic rings. The fourth-order valence-corrected chi connectivity index (χ4v) is 3.93. The topological polar surface area (TPSA) is 46.6 Å². The van der Waals surface area contributed by atoms with E-state index >= 15 is 0 Å². The Morgan fingerprint density at radius 2 is 1.88 bits per heavy atom. The predicted octanol–water partition coefficient (Wildman–Crippen LogP) is 4.74. The minimum absolute atomic E-state index is 0.104. The first kappa shape index (κ1) is 18.7. The maximum absolute atomic E-state index is 13.2. The molecule has 2 aliphatic rings. The largest absolute Gasteiger partial charge is 0.462 e. The molecule has 0 bridgehead atoms. The molecule has 0 radical (unpaired) electrons. The van der Waals surface area contributed by atoms with E-state index in [1.807, 2.05) is 24.0 Å². The van der Waals surface area contributed by atoms with Gasteiger partial charge in [0, 0.05) is 16.8 Å². The summed E-state index contributed by atoms with van der Waals surface area (Å²) in [6.07, 6.45) is 7.16. The number of allylic oxidation sites excluding steroid dienone is 1. The molecular weight excluding hydrogens is 350 g/mol. The molecule has 0 unspecified atom stereocenters. The first-order valence-corrected chi connectivity index (χ1v) is 9.60. The number of rotatable bonds is 4. The lowest BCUT2D eigenvalue weighted by Gasteiger charge is -2.32. The Balaban J connectivity index is 2.02. The van der Waals surface area contributed by atoms with Crippen LogP contribution in [0.2, 0.25) is 5.02 Å². The molecule has 0 atom stereocenters. The highest BCUT2D eigenvalue weighted by Crippen LogP contribution is 2.36. The Hall–Kier alpha value is -2.07. The Morgan fingerprint density at radius 1 is 1.23 bits per heavy atom. The average molecular weight is 374 g/mol. The Morgan fingerprint density at radius 3 is 2.50 bits per heavy atom. The molecule has 138 valence electrons. The molecule has 0 N–H and O–H groups in total. The number of hydrogen-bond donors (Lipinski definition) is 0. The van der Waals surface area contributed by atoms with Crippen LogP contribution in [0.1, 0.15) is 51.5 Å². The molecule has 1 amide bonds. The van der Waals surface area contributed by atoms with Crippen LogP contribution >= 0.6 is 11.6 Å². The van der Waals surface area contributed by atoms with Gasteiger partial charge in [-0.2, -0.15) is 0 Å². The average Bonchev–Trinajstić information content (AvgIpc) is 2.88. The van der Waals surface area contributed by atoms with Crippen LogP contribution in [-0.4, -0.2) is 29.4 Å². The van der Waals surface area contributed by atoms with Gasteiger partial charge in [-0.25, -0.2) is 4.79 Å². The first-order chi connectivity index (χ1) is 12.5. The van der Waals surface area contributed by atoms with Gasteiger partial charge in [-0.3, -0.25) is 4.79 Å². The second-order valence-electron chi connectivity index (χ2n) is 6.76. The quantitative estimate of drug-likeness (QED) is 0.566. The summed E-state index contributed by atoms with van der Waals surface area (Å²) in [6, 6.07) is 7.38. The minimum Gasteiger partial charge on any atom is -0.462 e. The highest BCUT2D eigenvalue weighted by atomic mass is 35.5. The summed E-state index contributed by atoms with van der Waals surface area (Å²) < 4.78 is 5.23. The Kier molecular flexibility index (Phi) is 5.82. The Labute approximate surface area is 159 Å². The van der Waals surface area contributed by atoms with Gasteiger partial charge in [0.1, 0.15) is 0 Å². The van der Waals surface area contributed by atoms with Crippen LogP contribution in [0, 0.1) is 0 Å². The van der Waals surface area contributed by atoms with Crippen molar-refractivity contribution in [1.29, 1.82) is 0 Å². The monoisotopic (exact) mass is 373 g/mol. The summed E-state index contributed by atoms with van der Waals surface area (Å²) in [5, 5.41) is 0.631. The van der Waals surface area contributed by atoms with Gasteiger partial charge < -0.3 is 9.64 Å². The van der Waals surface area contributed by atoms with Gasteiger partial charge in [-0.15, -0.1) is 0 Å². The van der Waals surface area contributed by atoms with Crippen molar-refractivity contribution in [2.45, 2.75) is 52.0 Å². The van der Waals surface area contributed by atoms with Crippen LogP contribution in [0.25, 0.3) is 6.08 Å². The summed E-state index contributed by atoms with van der Waals surface area (Å²) >= 11 is 5.95. The SMILES string of the molecule is CCOC(=O)C1=C(C)N(C2CCCCC2)C(=O)C1=Cc1ccc(Cl)cc1. The van der Waals surface area contributed by atoms with E-state index in [9.17, 15) is 9.59 Å². The maximum atomic E-state index is 13.2. The van der Waals surface area contributed by atoms with Gasteiger partial charge >= 0.3 is 5.97 Å². The lowest BCUT2D eigenvalue weighted by Crippen LogP contribution is -2.37. The molecule has 4 nitrogen and oxygen atoms in total. The molecule has 1 aliphatic carbocycles. The molecule has 1 saturated carbocycles. The molecule has 5 heteroatoms. The number of nitrogens with zero attached hydrogens (tertiary/aromatic N) is 1. The van der Waals surface area contributed by atoms with E-state index in [1.54, 1.807) is 25.1 Å². The number of carbonyl (C=O) groups excluding carboxylic acids is 2. The second kappa shape index (κ2) is 8.09. The third-order valence-electron chi connectivity index (χ3n) is 5.04. The van der Waals surface area contributed by atoms with Crippen LogP contribution in [-0.2, 0) is 14.3 Å². The molecule has 1 aromatic carbocycles. The summed E-state index contributed by atoms with van der Waals surface area (Å²) in [5.74, 6) is -0.538. The molecule has 1 heterocycles. The summed E-state index contributed by atoms with van der Waals surface area (Å²) in [7, 11) is 0. The van der Waals surface area contributed by atoms with Crippen molar-refractivity contribution in [2.75, 3.05) is 6.61 Å². The van der Waals surface area contributed by atoms with Crippen molar-refractivity contribution in [2.24, 2.45) is 0 Å². The lowest BCUT2D eigenvalue weighted by atomic mass is 9.94. The van der Waals surface area contributed by atoms with Crippen LogP contribution in [0.3, 0.4) is 0 Å². The normalized spacial score (nSPS) is 20.2. The van der Waals surface area contributed by atoms with Crippen molar-refractivity contribution in [3.63, 3.8) is 0 Å². The summed E-state index contributed by atoms with van der Waals surface area (Å²) in [6.45, 7) is 3.90. The van der Waals surface area contributed by atoms with Gasteiger partial charge in [0.2, 0.25) is 0 Å².